The fraction of sp³-hybridized carbons (Fsp3) is 0.458. The maximum atomic E-state index is 11.5. The summed E-state index contributed by atoms with van der Waals surface area (Å²) < 4.78 is 6.97. The van der Waals surface area contributed by atoms with E-state index in [0.29, 0.717) is 12.2 Å². The van der Waals surface area contributed by atoms with Gasteiger partial charge < -0.3 is 9.84 Å². The second-order valence-corrected chi connectivity index (χ2v) is 8.10. The van der Waals surface area contributed by atoms with Crippen molar-refractivity contribution in [2.45, 2.75) is 64.3 Å². The Morgan fingerprint density at radius 3 is 2.69 bits per heavy atom. The number of carboxylic acid groups (broad SMARTS) is 1. The van der Waals surface area contributed by atoms with Crippen LogP contribution in [-0.2, 0) is 30.5 Å². The molecule has 0 spiro atoms. The first kappa shape index (κ1) is 21.9. The van der Waals surface area contributed by atoms with Gasteiger partial charge in [0.2, 0.25) is 0 Å². The number of rotatable bonds is 10. The third-order valence-corrected chi connectivity index (χ3v) is 5.76. The number of aryl methyl sites for hydroxylation is 4. The second-order valence-electron chi connectivity index (χ2n) is 8.10. The van der Waals surface area contributed by atoms with Crippen LogP contribution in [-0.4, -0.2) is 42.4 Å². The molecule has 1 aliphatic carbocycles. The number of aliphatic carboxylic acids is 1. The summed E-state index contributed by atoms with van der Waals surface area (Å²) >= 11 is 0. The van der Waals surface area contributed by atoms with E-state index in [-0.39, 0.29) is 12.4 Å². The maximum Gasteiger partial charge on any atom is 0.316 e. The highest BCUT2D eigenvalue weighted by molar-refractivity contribution is 5.68. The van der Waals surface area contributed by atoms with E-state index in [9.17, 15) is 9.90 Å². The van der Waals surface area contributed by atoms with Gasteiger partial charge in [0.1, 0.15) is 0 Å². The lowest BCUT2D eigenvalue weighted by Gasteiger charge is -2.16. The fourth-order valence-corrected chi connectivity index (χ4v) is 4.13. The molecule has 0 aliphatic heterocycles. The summed E-state index contributed by atoms with van der Waals surface area (Å²) in [5, 5.41) is 14.0. The molecule has 3 aromatic heterocycles. The SMILES string of the molecule is CCOc1ncc(C(CC(=O)O)n2ccc(CCCc3ccc4c(n3)CCCC4)n2)cn1. The summed E-state index contributed by atoms with van der Waals surface area (Å²) in [4.78, 5) is 24.6. The van der Waals surface area contributed by atoms with Crippen LogP contribution in [0.3, 0.4) is 0 Å². The third kappa shape index (κ3) is 5.49. The second kappa shape index (κ2) is 10.3. The van der Waals surface area contributed by atoms with E-state index in [1.54, 1.807) is 17.1 Å². The molecule has 1 aliphatic rings. The van der Waals surface area contributed by atoms with Gasteiger partial charge in [-0.3, -0.25) is 14.5 Å². The van der Waals surface area contributed by atoms with E-state index in [4.69, 9.17) is 9.72 Å². The largest absolute Gasteiger partial charge is 0.481 e. The summed E-state index contributed by atoms with van der Waals surface area (Å²) in [6.45, 7) is 2.33. The van der Waals surface area contributed by atoms with E-state index >= 15 is 0 Å². The standard InChI is InChI=1S/C24H29N5O3/c1-2-32-24-25-15-18(16-26-24)22(14-23(30)31)29-13-12-20(28-29)8-5-7-19-11-10-17-6-3-4-9-21(17)27-19/h10-13,15-16,22H,2-9,14H2,1H3,(H,30,31). The first-order valence-electron chi connectivity index (χ1n) is 11.3. The van der Waals surface area contributed by atoms with Crippen LogP contribution in [0.4, 0.5) is 0 Å². The summed E-state index contributed by atoms with van der Waals surface area (Å²) in [5.41, 5.74) is 5.43. The molecule has 8 heteroatoms. The molecule has 0 aromatic carbocycles. The van der Waals surface area contributed by atoms with Crippen LogP contribution in [0.2, 0.25) is 0 Å². The Morgan fingerprint density at radius 2 is 1.91 bits per heavy atom. The number of hydrogen-bond acceptors (Lipinski definition) is 6. The van der Waals surface area contributed by atoms with Gasteiger partial charge in [-0.05, 0) is 69.6 Å². The summed E-state index contributed by atoms with van der Waals surface area (Å²) in [6.07, 6.45) is 12.3. The van der Waals surface area contributed by atoms with Gasteiger partial charge in [0.05, 0.1) is 24.8 Å². The molecule has 1 atom stereocenters. The van der Waals surface area contributed by atoms with Crippen LogP contribution in [0, 0.1) is 0 Å². The number of nitrogens with zero attached hydrogens (tertiary/aromatic N) is 5. The molecule has 0 bridgehead atoms. The highest BCUT2D eigenvalue weighted by Gasteiger charge is 2.20. The summed E-state index contributed by atoms with van der Waals surface area (Å²) in [5.74, 6) is -0.903. The van der Waals surface area contributed by atoms with Crippen LogP contribution >= 0.6 is 0 Å². The molecule has 3 heterocycles. The van der Waals surface area contributed by atoms with Gasteiger partial charge in [-0.2, -0.15) is 5.10 Å². The first-order chi connectivity index (χ1) is 15.6. The lowest BCUT2D eigenvalue weighted by atomic mass is 9.95. The minimum atomic E-state index is -0.903. The van der Waals surface area contributed by atoms with Crippen molar-refractivity contribution in [3.05, 3.63) is 65.0 Å². The van der Waals surface area contributed by atoms with Gasteiger partial charge in [0.25, 0.3) is 0 Å². The molecule has 4 rings (SSSR count). The molecule has 0 saturated carbocycles. The smallest absolute Gasteiger partial charge is 0.316 e. The van der Waals surface area contributed by atoms with Crippen molar-refractivity contribution in [1.29, 1.82) is 0 Å². The number of aromatic nitrogens is 5. The molecule has 0 fully saturated rings. The number of hydrogen-bond donors (Lipinski definition) is 1. The van der Waals surface area contributed by atoms with Crippen molar-refractivity contribution in [2.75, 3.05) is 6.61 Å². The zero-order valence-electron chi connectivity index (χ0n) is 18.4. The highest BCUT2D eigenvalue weighted by Crippen LogP contribution is 2.23. The highest BCUT2D eigenvalue weighted by atomic mass is 16.5. The fourth-order valence-electron chi connectivity index (χ4n) is 4.13. The molecule has 3 aromatic rings. The summed E-state index contributed by atoms with van der Waals surface area (Å²) in [6, 6.07) is 6.14. The van der Waals surface area contributed by atoms with Crippen molar-refractivity contribution in [2.24, 2.45) is 0 Å². The maximum absolute atomic E-state index is 11.5. The molecule has 8 nitrogen and oxygen atoms in total. The van der Waals surface area contributed by atoms with Crippen LogP contribution < -0.4 is 4.74 Å². The van der Waals surface area contributed by atoms with E-state index in [1.807, 2.05) is 19.2 Å². The summed E-state index contributed by atoms with van der Waals surface area (Å²) in [7, 11) is 0. The average Bonchev–Trinajstić information content (AvgIpc) is 3.27. The van der Waals surface area contributed by atoms with E-state index < -0.39 is 12.0 Å². The average molecular weight is 436 g/mol. The van der Waals surface area contributed by atoms with Crippen LogP contribution in [0.25, 0.3) is 0 Å². The molecule has 1 unspecified atom stereocenters. The lowest BCUT2D eigenvalue weighted by molar-refractivity contribution is -0.137. The number of ether oxygens (including phenoxy) is 1. The number of pyridine rings is 1. The number of carbonyl (C=O) groups is 1. The Hall–Kier alpha value is -3.29. The van der Waals surface area contributed by atoms with Gasteiger partial charge in [0, 0.05) is 35.5 Å². The van der Waals surface area contributed by atoms with Crippen molar-refractivity contribution in [3.63, 3.8) is 0 Å². The quantitative estimate of drug-likeness (QED) is 0.519. The molecule has 168 valence electrons. The molecule has 32 heavy (non-hydrogen) atoms. The third-order valence-electron chi connectivity index (χ3n) is 5.76. The van der Waals surface area contributed by atoms with Crippen LogP contribution in [0.15, 0.2) is 36.8 Å². The van der Waals surface area contributed by atoms with Crippen molar-refractivity contribution >= 4 is 5.97 Å². The Morgan fingerprint density at radius 1 is 1.12 bits per heavy atom. The van der Waals surface area contributed by atoms with Crippen molar-refractivity contribution in [1.82, 2.24) is 24.7 Å². The topological polar surface area (TPSA) is 103 Å². The van der Waals surface area contributed by atoms with Crippen LogP contribution in [0.1, 0.15) is 66.9 Å². The van der Waals surface area contributed by atoms with Gasteiger partial charge in [0.15, 0.2) is 0 Å². The predicted molar refractivity (Wildman–Crippen MR) is 119 cm³/mol. The Balaban J connectivity index is 1.39. The molecule has 1 N–H and O–H groups in total. The van der Waals surface area contributed by atoms with Gasteiger partial charge in [-0.15, -0.1) is 0 Å². The lowest BCUT2D eigenvalue weighted by Crippen LogP contribution is -2.16. The van der Waals surface area contributed by atoms with Crippen molar-refractivity contribution in [3.8, 4) is 6.01 Å². The van der Waals surface area contributed by atoms with Gasteiger partial charge in [-0.1, -0.05) is 6.07 Å². The normalized spacial score (nSPS) is 14.0. The zero-order valence-corrected chi connectivity index (χ0v) is 18.4. The van der Waals surface area contributed by atoms with Crippen molar-refractivity contribution < 1.29 is 14.6 Å². The Bertz CT molecular complexity index is 1050. The molecule has 0 amide bonds. The van der Waals surface area contributed by atoms with Gasteiger partial charge in [-0.25, -0.2) is 9.97 Å². The van der Waals surface area contributed by atoms with E-state index in [1.165, 1.54) is 24.1 Å². The minimum Gasteiger partial charge on any atom is -0.481 e. The Kier molecular flexibility index (Phi) is 7.09. The Labute approximate surface area is 187 Å². The van der Waals surface area contributed by atoms with E-state index in [2.05, 4.69) is 27.2 Å². The monoisotopic (exact) mass is 435 g/mol. The zero-order chi connectivity index (χ0) is 22.3. The van der Waals surface area contributed by atoms with E-state index in [0.717, 1.165) is 43.5 Å². The number of carboxylic acids is 1. The number of fused-ring (bicyclic) bond motifs is 1. The minimum absolute atomic E-state index is 0.0997. The van der Waals surface area contributed by atoms with Crippen LogP contribution in [0.5, 0.6) is 6.01 Å². The molecule has 0 saturated heterocycles. The predicted octanol–water partition coefficient (Wildman–Crippen LogP) is 3.59. The molecule has 0 radical (unpaired) electrons. The molecular weight excluding hydrogens is 406 g/mol. The van der Waals surface area contributed by atoms with Gasteiger partial charge >= 0.3 is 12.0 Å². The first-order valence-corrected chi connectivity index (χ1v) is 11.3. The molecular formula is C24H29N5O3.